The Kier molecular flexibility index (Phi) is 5.47. The van der Waals surface area contributed by atoms with Crippen LogP contribution in [0.15, 0.2) is 12.5 Å². The van der Waals surface area contributed by atoms with E-state index in [2.05, 4.69) is 26.0 Å². The van der Waals surface area contributed by atoms with Gasteiger partial charge in [0.1, 0.15) is 18.1 Å². The Bertz CT molecular complexity index is 775. The van der Waals surface area contributed by atoms with Crippen LogP contribution in [-0.2, 0) is 9.47 Å². The summed E-state index contributed by atoms with van der Waals surface area (Å²) in [5.74, 6) is 1.25. The van der Waals surface area contributed by atoms with Gasteiger partial charge in [-0.15, -0.1) is 0 Å². The number of H-pyrrole nitrogens is 1. The number of hydrogen-bond acceptors (Lipinski definition) is 6. The molecule has 5 rings (SSSR count). The van der Waals surface area contributed by atoms with Gasteiger partial charge in [-0.2, -0.15) is 0 Å². The molecule has 2 saturated heterocycles. The van der Waals surface area contributed by atoms with Crippen LogP contribution in [0.5, 0.6) is 5.88 Å². The fourth-order valence-corrected chi connectivity index (χ4v) is 5.01. The largest absolute Gasteiger partial charge is 0.474 e. The van der Waals surface area contributed by atoms with Crippen molar-refractivity contribution in [3.8, 4) is 5.88 Å². The first-order valence-electron chi connectivity index (χ1n) is 10.8. The van der Waals surface area contributed by atoms with Crippen molar-refractivity contribution in [2.75, 3.05) is 39.5 Å². The van der Waals surface area contributed by atoms with E-state index < -0.39 is 0 Å². The van der Waals surface area contributed by atoms with Crippen LogP contribution in [0.1, 0.15) is 50.0 Å². The van der Waals surface area contributed by atoms with Gasteiger partial charge in [-0.05, 0) is 50.0 Å². The van der Waals surface area contributed by atoms with Crippen LogP contribution in [-0.4, -0.2) is 71.5 Å². The highest BCUT2D eigenvalue weighted by molar-refractivity contribution is 5.85. The summed E-state index contributed by atoms with van der Waals surface area (Å²) < 4.78 is 17.5. The van der Waals surface area contributed by atoms with Gasteiger partial charge in [-0.25, -0.2) is 9.97 Å². The Labute approximate surface area is 165 Å². The van der Waals surface area contributed by atoms with Crippen LogP contribution in [0.3, 0.4) is 0 Å². The first kappa shape index (κ1) is 18.3. The molecule has 4 heterocycles. The zero-order valence-corrected chi connectivity index (χ0v) is 16.4. The number of aromatic nitrogens is 3. The lowest BCUT2D eigenvalue weighted by atomic mass is 9.91. The molecule has 0 radical (unpaired) electrons. The summed E-state index contributed by atoms with van der Waals surface area (Å²) in [5, 5.41) is 1.07. The molecule has 2 aliphatic heterocycles. The van der Waals surface area contributed by atoms with Crippen LogP contribution in [0.4, 0.5) is 0 Å². The van der Waals surface area contributed by atoms with Gasteiger partial charge in [0.25, 0.3) is 0 Å². The molecule has 152 valence electrons. The van der Waals surface area contributed by atoms with Gasteiger partial charge in [-0.3, -0.25) is 4.90 Å². The Morgan fingerprint density at radius 1 is 0.929 bits per heavy atom. The maximum atomic E-state index is 6.45. The lowest BCUT2D eigenvalue weighted by Gasteiger charge is -2.38. The minimum Gasteiger partial charge on any atom is -0.474 e. The Balaban J connectivity index is 1.28. The third kappa shape index (κ3) is 3.75. The minimum atomic E-state index is 0.243. The van der Waals surface area contributed by atoms with Gasteiger partial charge in [0, 0.05) is 38.5 Å². The number of hydrogen-bond donors (Lipinski definition) is 1. The van der Waals surface area contributed by atoms with Crippen molar-refractivity contribution in [2.24, 2.45) is 0 Å². The van der Waals surface area contributed by atoms with E-state index in [4.69, 9.17) is 14.2 Å². The molecule has 0 atom stereocenters. The molecule has 7 nitrogen and oxygen atoms in total. The van der Waals surface area contributed by atoms with Crippen molar-refractivity contribution in [1.29, 1.82) is 0 Å². The number of morpholine rings is 1. The predicted molar refractivity (Wildman–Crippen MR) is 106 cm³/mol. The molecule has 0 amide bonds. The molecule has 0 bridgehead atoms. The molecule has 0 unspecified atom stereocenters. The van der Waals surface area contributed by atoms with E-state index >= 15 is 0 Å². The van der Waals surface area contributed by atoms with Gasteiger partial charge in [0.15, 0.2) is 0 Å². The summed E-state index contributed by atoms with van der Waals surface area (Å²) in [6.45, 7) is 5.54. The Morgan fingerprint density at radius 3 is 2.46 bits per heavy atom. The fourth-order valence-electron chi connectivity index (χ4n) is 5.01. The van der Waals surface area contributed by atoms with Gasteiger partial charge >= 0.3 is 0 Å². The van der Waals surface area contributed by atoms with E-state index in [-0.39, 0.29) is 6.10 Å². The summed E-state index contributed by atoms with van der Waals surface area (Å²) in [5.41, 5.74) is 2.17. The van der Waals surface area contributed by atoms with Crippen LogP contribution in [0.2, 0.25) is 0 Å². The monoisotopic (exact) mass is 386 g/mol. The maximum absolute atomic E-state index is 6.45. The van der Waals surface area contributed by atoms with E-state index in [1.54, 1.807) is 6.33 Å². The highest BCUT2D eigenvalue weighted by atomic mass is 16.5. The SMILES string of the molecule is c1nc(O[C@H]2CC[C@H](N3CCOCC3)CC2)c2c(C3CCOCC3)c[nH]c2n1. The fraction of sp³-hybridized carbons (Fsp3) is 0.714. The van der Waals surface area contributed by atoms with E-state index in [0.29, 0.717) is 12.0 Å². The molecule has 7 heteroatoms. The topological polar surface area (TPSA) is 72.5 Å². The zero-order chi connectivity index (χ0) is 18.8. The van der Waals surface area contributed by atoms with E-state index in [1.165, 1.54) is 18.4 Å². The first-order chi connectivity index (χ1) is 13.9. The second kappa shape index (κ2) is 8.35. The number of nitrogens with one attached hydrogen (secondary N) is 1. The Hall–Kier alpha value is -1.70. The van der Waals surface area contributed by atoms with Crippen LogP contribution in [0, 0.1) is 0 Å². The summed E-state index contributed by atoms with van der Waals surface area (Å²) in [7, 11) is 0. The Morgan fingerprint density at radius 2 is 1.68 bits per heavy atom. The summed E-state index contributed by atoms with van der Waals surface area (Å²) in [6.07, 6.45) is 10.6. The second-order valence-corrected chi connectivity index (χ2v) is 8.23. The lowest BCUT2D eigenvalue weighted by Crippen LogP contribution is -2.46. The first-order valence-corrected chi connectivity index (χ1v) is 10.8. The van der Waals surface area contributed by atoms with Crippen LogP contribution >= 0.6 is 0 Å². The van der Waals surface area contributed by atoms with E-state index in [0.717, 1.165) is 82.1 Å². The molecular weight excluding hydrogens is 356 g/mol. The van der Waals surface area contributed by atoms with Crippen molar-refractivity contribution in [3.05, 3.63) is 18.1 Å². The smallest absolute Gasteiger partial charge is 0.226 e. The molecule has 1 aliphatic carbocycles. The normalized spacial score (nSPS) is 27.9. The number of nitrogens with zero attached hydrogens (tertiary/aromatic N) is 3. The molecule has 28 heavy (non-hydrogen) atoms. The van der Waals surface area contributed by atoms with E-state index in [1.807, 2.05) is 0 Å². The van der Waals surface area contributed by atoms with Crippen molar-refractivity contribution in [2.45, 2.75) is 56.6 Å². The molecule has 3 fully saturated rings. The quantitative estimate of drug-likeness (QED) is 0.871. The number of fused-ring (bicyclic) bond motifs is 1. The third-order valence-corrected chi connectivity index (χ3v) is 6.61. The van der Waals surface area contributed by atoms with Crippen molar-refractivity contribution in [3.63, 3.8) is 0 Å². The average molecular weight is 386 g/mol. The molecule has 0 aromatic carbocycles. The number of ether oxygens (including phenoxy) is 3. The summed E-state index contributed by atoms with van der Waals surface area (Å²) in [6, 6.07) is 0.680. The van der Waals surface area contributed by atoms with Gasteiger partial charge in [-0.1, -0.05) is 0 Å². The maximum Gasteiger partial charge on any atom is 0.226 e. The molecular formula is C21H30N4O3. The van der Waals surface area contributed by atoms with Crippen molar-refractivity contribution >= 4 is 11.0 Å². The van der Waals surface area contributed by atoms with Crippen molar-refractivity contribution < 1.29 is 14.2 Å². The van der Waals surface area contributed by atoms with Crippen molar-refractivity contribution in [1.82, 2.24) is 19.9 Å². The predicted octanol–water partition coefficient (Wildman–Crippen LogP) is 2.87. The molecule has 1 N–H and O–H groups in total. The number of aromatic amines is 1. The summed E-state index contributed by atoms with van der Waals surface area (Å²) in [4.78, 5) is 14.9. The number of rotatable bonds is 4. The second-order valence-electron chi connectivity index (χ2n) is 8.23. The van der Waals surface area contributed by atoms with Crippen LogP contribution in [0.25, 0.3) is 11.0 Å². The van der Waals surface area contributed by atoms with Gasteiger partial charge < -0.3 is 19.2 Å². The highest BCUT2D eigenvalue weighted by Crippen LogP contribution is 2.37. The zero-order valence-electron chi connectivity index (χ0n) is 16.4. The molecule has 3 aliphatic rings. The average Bonchev–Trinajstić information content (AvgIpc) is 3.21. The van der Waals surface area contributed by atoms with Crippen LogP contribution < -0.4 is 4.74 Å². The molecule has 2 aromatic heterocycles. The minimum absolute atomic E-state index is 0.243. The molecule has 2 aromatic rings. The summed E-state index contributed by atoms with van der Waals surface area (Å²) >= 11 is 0. The van der Waals surface area contributed by atoms with E-state index in [9.17, 15) is 0 Å². The lowest BCUT2D eigenvalue weighted by molar-refractivity contribution is -0.00126. The molecule has 0 spiro atoms. The third-order valence-electron chi connectivity index (χ3n) is 6.61. The van der Waals surface area contributed by atoms with Gasteiger partial charge in [0.2, 0.25) is 5.88 Å². The molecule has 1 saturated carbocycles. The van der Waals surface area contributed by atoms with Gasteiger partial charge in [0.05, 0.1) is 18.6 Å². The standard InChI is InChI=1S/C21H30N4O3/c1-3-17(4-2-16(1)25-7-11-27-12-8-25)28-21-19-18(15-5-9-26-10-6-15)13-22-20(19)23-14-24-21/h13-17H,1-12H2,(H,22,23,24)/t16-,17-. The highest BCUT2D eigenvalue weighted by Gasteiger charge is 2.29.